The van der Waals surface area contributed by atoms with Crippen LogP contribution in [0, 0.1) is 5.82 Å². The Bertz CT molecular complexity index is 1290. The van der Waals surface area contributed by atoms with Gasteiger partial charge in [0, 0.05) is 24.6 Å². The highest BCUT2D eigenvalue weighted by Crippen LogP contribution is 2.28. The van der Waals surface area contributed by atoms with E-state index in [4.69, 9.17) is 17.0 Å². The molecule has 0 aliphatic carbocycles. The zero-order valence-corrected chi connectivity index (χ0v) is 20.9. The van der Waals surface area contributed by atoms with E-state index in [1.165, 1.54) is 29.2 Å². The lowest BCUT2D eigenvalue weighted by molar-refractivity contribution is -0.124. The van der Waals surface area contributed by atoms with Gasteiger partial charge in [-0.2, -0.15) is 0 Å². The van der Waals surface area contributed by atoms with E-state index in [0.717, 1.165) is 5.56 Å². The second-order valence-corrected chi connectivity index (χ2v) is 8.66. The van der Waals surface area contributed by atoms with E-state index in [-0.39, 0.29) is 24.0 Å². The minimum absolute atomic E-state index is 0.149. The molecule has 3 aromatic rings. The number of nitrogens with one attached hydrogen (secondary N) is 1. The summed E-state index contributed by atoms with van der Waals surface area (Å²) in [5.41, 5.74) is 2.28. The molecule has 4 rings (SSSR count). The van der Waals surface area contributed by atoms with Gasteiger partial charge in [-0.25, -0.2) is 9.18 Å². The summed E-state index contributed by atoms with van der Waals surface area (Å²) < 4.78 is 18.2. The molecule has 0 spiro atoms. The SMILES string of the molecule is CCOC(=O)c1ccc(N2C(=O)[C@@H](CC(=O)Nc3ccc(F)cc3)N(CCc3ccncc3)C2=S)cc1. The monoisotopic (exact) mass is 520 g/mol. The fraction of sp³-hybridized carbons (Fsp3) is 0.222. The summed E-state index contributed by atoms with van der Waals surface area (Å²) in [7, 11) is 0. The average Bonchev–Trinajstić information content (AvgIpc) is 3.13. The second kappa shape index (κ2) is 11.7. The largest absolute Gasteiger partial charge is 0.462 e. The van der Waals surface area contributed by atoms with Gasteiger partial charge in [0.15, 0.2) is 5.11 Å². The number of esters is 1. The first-order valence-corrected chi connectivity index (χ1v) is 12.1. The summed E-state index contributed by atoms with van der Waals surface area (Å²) in [4.78, 5) is 45.6. The molecule has 1 fully saturated rings. The minimum Gasteiger partial charge on any atom is -0.462 e. The van der Waals surface area contributed by atoms with Crippen LogP contribution in [0.5, 0.6) is 0 Å². The molecule has 190 valence electrons. The first kappa shape index (κ1) is 25.9. The predicted octanol–water partition coefficient (Wildman–Crippen LogP) is 3.97. The predicted molar refractivity (Wildman–Crippen MR) is 141 cm³/mol. The van der Waals surface area contributed by atoms with E-state index >= 15 is 0 Å². The van der Waals surface area contributed by atoms with Crippen LogP contribution >= 0.6 is 12.2 Å². The van der Waals surface area contributed by atoms with Crippen molar-refractivity contribution in [1.82, 2.24) is 9.88 Å². The van der Waals surface area contributed by atoms with Crippen molar-refractivity contribution in [3.63, 3.8) is 0 Å². The summed E-state index contributed by atoms with van der Waals surface area (Å²) >= 11 is 5.69. The van der Waals surface area contributed by atoms with Crippen molar-refractivity contribution >= 4 is 46.5 Å². The molecule has 10 heteroatoms. The molecule has 1 N–H and O–H groups in total. The maximum Gasteiger partial charge on any atom is 0.338 e. The first-order valence-electron chi connectivity index (χ1n) is 11.7. The number of nitrogens with zero attached hydrogens (tertiary/aromatic N) is 3. The summed E-state index contributed by atoms with van der Waals surface area (Å²) in [5.74, 6) is -1.63. The molecule has 0 radical (unpaired) electrons. The Morgan fingerprint density at radius 2 is 1.73 bits per heavy atom. The van der Waals surface area contributed by atoms with Crippen LogP contribution < -0.4 is 10.2 Å². The normalized spacial score (nSPS) is 15.1. The van der Waals surface area contributed by atoms with Crippen molar-refractivity contribution in [3.8, 4) is 0 Å². The number of thiocarbonyl (C=S) groups is 1. The number of hydrogen-bond acceptors (Lipinski definition) is 6. The Labute approximate surface area is 219 Å². The van der Waals surface area contributed by atoms with E-state index in [0.29, 0.717) is 29.9 Å². The Hall–Kier alpha value is -4.18. The molecule has 0 saturated carbocycles. The highest BCUT2D eigenvalue weighted by atomic mass is 32.1. The number of amides is 2. The van der Waals surface area contributed by atoms with Gasteiger partial charge in [0.25, 0.3) is 5.91 Å². The van der Waals surface area contributed by atoms with E-state index in [2.05, 4.69) is 10.3 Å². The number of rotatable bonds is 9. The number of anilines is 2. The van der Waals surface area contributed by atoms with E-state index in [1.54, 1.807) is 48.5 Å². The van der Waals surface area contributed by atoms with Gasteiger partial charge in [0.05, 0.1) is 24.3 Å². The van der Waals surface area contributed by atoms with Gasteiger partial charge < -0.3 is 15.0 Å². The summed E-state index contributed by atoms with van der Waals surface area (Å²) in [5, 5.41) is 2.97. The molecule has 1 atom stereocenters. The third-order valence-electron chi connectivity index (χ3n) is 5.85. The van der Waals surface area contributed by atoms with E-state index in [1.807, 2.05) is 12.1 Å². The highest BCUT2D eigenvalue weighted by molar-refractivity contribution is 7.80. The van der Waals surface area contributed by atoms with Crippen LogP contribution in [0.15, 0.2) is 73.1 Å². The molecule has 1 aromatic heterocycles. The zero-order valence-electron chi connectivity index (χ0n) is 20.1. The van der Waals surface area contributed by atoms with E-state index < -0.39 is 23.7 Å². The highest BCUT2D eigenvalue weighted by Gasteiger charge is 2.44. The number of ether oxygens (including phenoxy) is 1. The van der Waals surface area contributed by atoms with E-state index in [9.17, 15) is 18.8 Å². The molecule has 1 aliphatic heterocycles. The molecule has 0 unspecified atom stereocenters. The molecule has 1 aliphatic rings. The van der Waals surface area contributed by atoms with Crippen LogP contribution in [-0.2, 0) is 20.7 Å². The molecule has 0 bridgehead atoms. The van der Waals surface area contributed by atoms with Crippen LogP contribution in [0.2, 0.25) is 0 Å². The minimum atomic E-state index is -0.834. The molecule has 2 amide bonds. The Balaban J connectivity index is 1.55. The molecule has 2 heterocycles. The first-order chi connectivity index (χ1) is 17.9. The average molecular weight is 521 g/mol. The van der Waals surface area contributed by atoms with Crippen LogP contribution in [0.3, 0.4) is 0 Å². The van der Waals surface area contributed by atoms with Crippen molar-refractivity contribution in [2.24, 2.45) is 0 Å². The van der Waals surface area contributed by atoms with Crippen LogP contribution in [-0.4, -0.2) is 52.0 Å². The van der Waals surface area contributed by atoms with Crippen LogP contribution in [0.4, 0.5) is 15.8 Å². The van der Waals surface area contributed by atoms with Crippen LogP contribution in [0.25, 0.3) is 0 Å². The fourth-order valence-electron chi connectivity index (χ4n) is 4.01. The van der Waals surface area contributed by atoms with Crippen LogP contribution in [0.1, 0.15) is 29.3 Å². The lowest BCUT2D eigenvalue weighted by Crippen LogP contribution is -2.39. The van der Waals surface area contributed by atoms with Gasteiger partial charge in [0.2, 0.25) is 5.91 Å². The van der Waals surface area contributed by atoms with Gasteiger partial charge in [-0.05, 0) is 91.8 Å². The number of carbonyl (C=O) groups is 3. The van der Waals surface area contributed by atoms with Crippen molar-refractivity contribution in [3.05, 3.63) is 90.0 Å². The summed E-state index contributed by atoms with van der Waals surface area (Å²) in [6.07, 6.45) is 3.81. The topological polar surface area (TPSA) is 91.8 Å². The number of benzene rings is 2. The third-order valence-corrected chi connectivity index (χ3v) is 6.27. The zero-order chi connectivity index (χ0) is 26.4. The standard InChI is InChI=1S/C27H25FN4O4S/c1-2-36-26(35)19-3-9-22(10-4-19)32-25(34)23(17-24(33)30-21-7-5-20(28)6-8-21)31(27(32)37)16-13-18-11-14-29-15-12-18/h3-12,14-15,23H,2,13,16-17H2,1H3,(H,30,33)/t23-/m1/s1. The van der Waals surface area contributed by atoms with Gasteiger partial charge in [-0.1, -0.05) is 0 Å². The molecular weight excluding hydrogens is 495 g/mol. The summed E-state index contributed by atoms with van der Waals surface area (Å²) in [6, 6.07) is 14.7. The lowest BCUT2D eigenvalue weighted by atomic mass is 10.1. The molecule has 1 saturated heterocycles. The smallest absolute Gasteiger partial charge is 0.338 e. The van der Waals surface area contributed by atoms with Crippen molar-refractivity contribution < 1.29 is 23.5 Å². The van der Waals surface area contributed by atoms with Gasteiger partial charge in [-0.15, -0.1) is 0 Å². The lowest BCUT2D eigenvalue weighted by Gasteiger charge is -2.24. The molecule has 2 aromatic carbocycles. The Kier molecular flexibility index (Phi) is 8.19. The molecule has 37 heavy (non-hydrogen) atoms. The maximum atomic E-state index is 13.6. The van der Waals surface area contributed by atoms with Crippen molar-refractivity contribution in [1.29, 1.82) is 0 Å². The Morgan fingerprint density at radius 3 is 2.38 bits per heavy atom. The van der Waals surface area contributed by atoms with Crippen molar-refractivity contribution in [2.45, 2.75) is 25.8 Å². The van der Waals surface area contributed by atoms with Crippen molar-refractivity contribution in [2.75, 3.05) is 23.4 Å². The number of aromatic nitrogens is 1. The number of carbonyl (C=O) groups excluding carboxylic acids is 3. The second-order valence-electron chi connectivity index (χ2n) is 8.30. The third kappa shape index (κ3) is 6.15. The molecule has 8 nitrogen and oxygen atoms in total. The number of pyridine rings is 1. The van der Waals surface area contributed by atoms with Gasteiger partial charge in [-0.3, -0.25) is 19.5 Å². The van der Waals surface area contributed by atoms with Gasteiger partial charge in [0.1, 0.15) is 11.9 Å². The van der Waals surface area contributed by atoms with Gasteiger partial charge >= 0.3 is 5.97 Å². The Morgan fingerprint density at radius 1 is 1.05 bits per heavy atom. The number of halogens is 1. The maximum absolute atomic E-state index is 13.6. The fourth-order valence-corrected chi connectivity index (χ4v) is 4.42. The quantitative estimate of drug-likeness (QED) is 0.337. The number of hydrogen-bond donors (Lipinski definition) is 1. The summed E-state index contributed by atoms with van der Waals surface area (Å²) in [6.45, 7) is 2.38. The molecular formula is C27H25FN4O4S.